The minimum atomic E-state index is -4.55. The number of nitriles is 1. The molecule has 0 amide bonds. The van der Waals surface area contributed by atoms with Gasteiger partial charge in [-0.3, -0.25) is 5.32 Å². The van der Waals surface area contributed by atoms with Gasteiger partial charge < -0.3 is 4.74 Å². The van der Waals surface area contributed by atoms with Crippen molar-refractivity contribution in [3.63, 3.8) is 0 Å². The number of hydrogen-bond acceptors (Lipinski definition) is 4. The van der Waals surface area contributed by atoms with E-state index in [0.29, 0.717) is 22.3 Å². The van der Waals surface area contributed by atoms with E-state index in [-0.39, 0.29) is 23.3 Å². The number of benzene rings is 2. The van der Waals surface area contributed by atoms with Crippen molar-refractivity contribution in [2.75, 3.05) is 13.7 Å². The zero-order valence-electron chi connectivity index (χ0n) is 16.3. The molecular weight excluding hydrogens is 454 g/mol. The molecule has 162 valence electrons. The summed E-state index contributed by atoms with van der Waals surface area (Å²) in [5, 5.41) is 18.2. The Hall–Kier alpha value is -2.96. The van der Waals surface area contributed by atoms with Crippen molar-refractivity contribution in [2.45, 2.75) is 13.1 Å². The number of methoxy groups -OCH3 is 1. The molecule has 2 aromatic carbocycles. The third-order valence-corrected chi connectivity index (χ3v) is 5.24. The molecule has 1 N–H and O–H groups in total. The monoisotopic (exact) mass is 469 g/mol. The zero-order chi connectivity index (χ0) is 22.8. The molecule has 1 aliphatic heterocycles. The normalized spacial score (nSPS) is 16.7. The molecule has 31 heavy (non-hydrogen) atoms. The predicted octanol–water partition coefficient (Wildman–Crippen LogP) is 5.43. The van der Waals surface area contributed by atoms with Gasteiger partial charge in [0.1, 0.15) is 11.4 Å². The van der Waals surface area contributed by atoms with Crippen molar-refractivity contribution in [3.05, 3.63) is 57.6 Å². The van der Waals surface area contributed by atoms with Crippen LogP contribution in [-0.2, 0) is 6.18 Å². The van der Waals surface area contributed by atoms with Crippen LogP contribution in [0.4, 0.5) is 18.9 Å². The molecule has 1 unspecified atom stereocenters. The average molecular weight is 470 g/mol. The average Bonchev–Trinajstić information content (AvgIpc) is 3.10. The van der Waals surface area contributed by atoms with Crippen LogP contribution in [0.3, 0.4) is 0 Å². The molecule has 3 rings (SSSR count). The lowest BCUT2D eigenvalue weighted by molar-refractivity contribution is -0.137. The van der Waals surface area contributed by atoms with Gasteiger partial charge in [0.25, 0.3) is 0 Å². The lowest BCUT2D eigenvalue weighted by Gasteiger charge is -2.16. The van der Waals surface area contributed by atoms with Crippen LogP contribution in [0.2, 0.25) is 10.0 Å². The van der Waals surface area contributed by atoms with Gasteiger partial charge in [0.05, 0.1) is 35.0 Å². The molecule has 1 heterocycles. The highest BCUT2D eigenvalue weighted by Gasteiger charge is 2.32. The lowest BCUT2D eigenvalue weighted by atomic mass is 9.99. The summed E-state index contributed by atoms with van der Waals surface area (Å²) in [6, 6.07) is 8.00. The van der Waals surface area contributed by atoms with Crippen molar-refractivity contribution in [3.8, 4) is 11.9 Å². The number of aliphatic imine (C=N–C) groups is 1. The molecule has 0 radical (unpaired) electrons. The molecule has 0 bridgehead atoms. The van der Waals surface area contributed by atoms with E-state index in [1.165, 1.54) is 18.2 Å². The van der Waals surface area contributed by atoms with Gasteiger partial charge in [-0.1, -0.05) is 36.2 Å². The number of halogens is 5. The van der Waals surface area contributed by atoms with Gasteiger partial charge in [-0.15, -0.1) is 0 Å². The quantitative estimate of drug-likeness (QED) is 0.281. The van der Waals surface area contributed by atoms with Crippen LogP contribution in [0.25, 0.3) is 0 Å². The molecule has 6 nitrogen and oxygen atoms in total. The topological polar surface area (TPSA) is 73.0 Å². The molecule has 0 aliphatic carbocycles. The van der Waals surface area contributed by atoms with E-state index in [4.69, 9.17) is 33.2 Å². The van der Waals surface area contributed by atoms with Gasteiger partial charge in [-0.2, -0.15) is 23.5 Å². The first-order valence-electron chi connectivity index (χ1n) is 8.94. The number of hydrogen-bond donors (Lipinski definition) is 1. The van der Waals surface area contributed by atoms with E-state index in [1.807, 2.05) is 6.92 Å². The first-order chi connectivity index (χ1) is 14.6. The second-order valence-electron chi connectivity index (χ2n) is 6.65. The molecule has 1 atom stereocenters. The van der Waals surface area contributed by atoms with E-state index < -0.39 is 11.7 Å². The lowest BCUT2D eigenvalue weighted by Crippen LogP contribution is -2.35. The summed E-state index contributed by atoms with van der Waals surface area (Å²) in [6.45, 7) is 2.25. The molecule has 1 aliphatic rings. The van der Waals surface area contributed by atoms with E-state index in [2.05, 4.69) is 15.4 Å². The van der Waals surface area contributed by atoms with Gasteiger partial charge in [0.15, 0.2) is 6.19 Å². The number of rotatable bonds is 3. The number of alkyl halides is 3. The van der Waals surface area contributed by atoms with E-state index in [0.717, 1.165) is 17.7 Å². The van der Waals surface area contributed by atoms with Crippen LogP contribution in [-0.4, -0.2) is 30.3 Å². The first-order valence-corrected chi connectivity index (χ1v) is 9.70. The van der Waals surface area contributed by atoms with Gasteiger partial charge >= 0.3 is 6.18 Å². The van der Waals surface area contributed by atoms with Crippen molar-refractivity contribution in [2.24, 2.45) is 16.0 Å². The molecule has 0 saturated heterocycles. The fraction of sp³-hybridized carbons (Fsp3) is 0.250. The van der Waals surface area contributed by atoms with Crippen molar-refractivity contribution >= 4 is 40.6 Å². The third-order valence-electron chi connectivity index (χ3n) is 4.50. The Morgan fingerprint density at radius 1 is 1.26 bits per heavy atom. The summed E-state index contributed by atoms with van der Waals surface area (Å²) in [7, 11) is 1.32. The van der Waals surface area contributed by atoms with E-state index in [9.17, 15) is 13.2 Å². The summed E-state index contributed by atoms with van der Waals surface area (Å²) < 4.78 is 44.5. The van der Waals surface area contributed by atoms with Crippen molar-refractivity contribution in [1.29, 1.82) is 5.26 Å². The Balaban J connectivity index is 2.03. The van der Waals surface area contributed by atoms with E-state index in [1.54, 1.807) is 24.4 Å². The molecule has 11 heteroatoms. The maximum absolute atomic E-state index is 13.1. The minimum absolute atomic E-state index is 0.0398. The second-order valence-corrected chi connectivity index (χ2v) is 7.47. The highest BCUT2D eigenvalue weighted by Crippen LogP contribution is 2.36. The fourth-order valence-corrected chi connectivity index (χ4v) is 3.31. The van der Waals surface area contributed by atoms with Crippen molar-refractivity contribution in [1.82, 2.24) is 10.3 Å². The predicted molar refractivity (Wildman–Crippen MR) is 113 cm³/mol. The van der Waals surface area contributed by atoms with E-state index >= 15 is 0 Å². The van der Waals surface area contributed by atoms with Gasteiger partial charge in [-0.25, -0.2) is 10.0 Å². The van der Waals surface area contributed by atoms with Gasteiger partial charge in [-0.05, 0) is 35.9 Å². The Morgan fingerprint density at radius 3 is 2.61 bits per heavy atom. The van der Waals surface area contributed by atoms with Crippen molar-refractivity contribution < 1.29 is 17.9 Å². The maximum atomic E-state index is 13.1. The SMILES string of the molecule is COc1ccc(C(F)(F)F)cc1N=C(NC#N)N1CC(C)C(c2ccc(Cl)c(Cl)c2)=N1. The number of nitrogens with one attached hydrogen (secondary N) is 1. The molecule has 0 spiro atoms. The zero-order valence-corrected chi connectivity index (χ0v) is 17.8. The fourth-order valence-electron chi connectivity index (χ4n) is 3.01. The van der Waals surface area contributed by atoms with Crippen LogP contribution in [0, 0.1) is 17.4 Å². The Morgan fingerprint density at radius 2 is 2.00 bits per heavy atom. The summed E-state index contributed by atoms with van der Waals surface area (Å²) in [5.74, 6) is -0.000420. The Bertz CT molecular complexity index is 1100. The number of hydrazone groups is 1. The maximum Gasteiger partial charge on any atom is 0.416 e. The largest absolute Gasteiger partial charge is 0.494 e. The first kappa shape index (κ1) is 22.7. The standard InChI is InChI=1S/C20H16Cl2F3N5O/c1-11-9-30(29-18(11)12-3-5-14(21)15(22)7-12)19(27-10-26)28-16-8-13(20(23,24)25)4-6-17(16)31-2/h3-8,11H,9H2,1-2H3,(H,27,28). The molecule has 0 aromatic heterocycles. The summed E-state index contributed by atoms with van der Waals surface area (Å²) >= 11 is 12.1. The second kappa shape index (κ2) is 9.04. The van der Waals surface area contributed by atoms with Crippen LogP contribution < -0.4 is 10.1 Å². The third kappa shape index (κ3) is 5.03. The van der Waals surface area contributed by atoms with Gasteiger partial charge in [0.2, 0.25) is 5.96 Å². The van der Waals surface area contributed by atoms with Crippen LogP contribution >= 0.6 is 23.2 Å². The number of nitrogens with zero attached hydrogens (tertiary/aromatic N) is 4. The Labute approximate surface area is 186 Å². The Kier molecular flexibility index (Phi) is 6.62. The smallest absolute Gasteiger partial charge is 0.416 e. The van der Waals surface area contributed by atoms with Crippen LogP contribution in [0.1, 0.15) is 18.1 Å². The number of ether oxygens (including phenoxy) is 1. The minimum Gasteiger partial charge on any atom is -0.494 e. The number of guanidine groups is 1. The molecule has 0 fully saturated rings. The summed E-state index contributed by atoms with van der Waals surface area (Å²) in [4.78, 5) is 4.20. The highest BCUT2D eigenvalue weighted by atomic mass is 35.5. The van der Waals surface area contributed by atoms with Crippen LogP contribution in [0.5, 0.6) is 5.75 Å². The summed E-state index contributed by atoms with van der Waals surface area (Å²) in [6.07, 6.45) is -2.81. The van der Waals surface area contributed by atoms with Gasteiger partial charge in [0, 0.05) is 5.92 Å². The molecular formula is C20H16Cl2F3N5O. The highest BCUT2D eigenvalue weighted by molar-refractivity contribution is 6.42. The van der Waals surface area contributed by atoms with Crippen LogP contribution in [0.15, 0.2) is 46.5 Å². The molecule has 0 saturated carbocycles. The summed E-state index contributed by atoms with van der Waals surface area (Å²) in [5.41, 5.74) is 0.415. The molecule has 2 aromatic rings.